The van der Waals surface area contributed by atoms with Gasteiger partial charge in [-0.2, -0.15) is 17.0 Å². The number of nitrogens with one attached hydrogen (secondary N) is 1. The fraction of sp³-hybridized carbons (Fsp3) is 0.875. The maximum atomic E-state index is 12.9. The minimum Gasteiger partial charge on any atom is -0.450 e. The van der Waals surface area contributed by atoms with E-state index in [4.69, 9.17) is 4.74 Å². The zero-order valence-electron chi connectivity index (χ0n) is 15.8. The predicted octanol–water partition coefficient (Wildman–Crippen LogP) is 0.242. The van der Waals surface area contributed by atoms with Crippen LogP contribution in [-0.2, 0) is 19.7 Å². The number of hydrogen-bond acceptors (Lipinski definition) is 5. The van der Waals surface area contributed by atoms with Crippen molar-refractivity contribution < 1.29 is 22.7 Å². The Balaban J connectivity index is 1.95. The van der Waals surface area contributed by atoms with E-state index in [1.807, 2.05) is 13.8 Å². The van der Waals surface area contributed by atoms with E-state index in [9.17, 15) is 18.0 Å². The molecule has 0 radical (unpaired) electrons. The van der Waals surface area contributed by atoms with E-state index in [1.54, 1.807) is 6.92 Å². The van der Waals surface area contributed by atoms with Crippen molar-refractivity contribution in [2.24, 2.45) is 5.92 Å². The summed E-state index contributed by atoms with van der Waals surface area (Å²) in [6, 6.07) is 0.0328. The van der Waals surface area contributed by atoms with Crippen molar-refractivity contribution in [3.8, 4) is 0 Å². The molecule has 9 nitrogen and oxygen atoms in total. The maximum absolute atomic E-state index is 12.9. The van der Waals surface area contributed by atoms with Gasteiger partial charge in [-0.3, -0.25) is 4.79 Å². The van der Waals surface area contributed by atoms with Gasteiger partial charge in [0.05, 0.1) is 12.5 Å². The molecule has 1 unspecified atom stereocenters. The zero-order chi connectivity index (χ0) is 19.3. The molecule has 150 valence electrons. The average molecular weight is 391 g/mol. The minimum absolute atomic E-state index is 0.0328. The van der Waals surface area contributed by atoms with Crippen LogP contribution in [0.25, 0.3) is 0 Å². The van der Waals surface area contributed by atoms with Gasteiger partial charge in [0.15, 0.2) is 0 Å². The Kier molecular flexibility index (Phi) is 7.24. The first-order chi connectivity index (χ1) is 12.3. The van der Waals surface area contributed by atoms with Gasteiger partial charge in [-0.05, 0) is 33.6 Å². The van der Waals surface area contributed by atoms with Crippen molar-refractivity contribution in [3.63, 3.8) is 0 Å². The van der Waals surface area contributed by atoms with Crippen molar-refractivity contribution in [1.29, 1.82) is 0 Å². The van der Waals surface area contributed by atoms with Gasteiger partial charge in [0.25, 0.3) is 10.2 Å². The maximum Gasteiger partial charge on any atom is 0.409 e. The SMILES string of the molecule is CCOC(=O)N1CCN(S(=O)(=O)N2CCCC(C(=O)NC(C)C)C2)CC1. The Hall–Kier alpha value is -1.39. The molecular formula is C16H30N4O5S. The number of ether oxygens (including phenoxy) is 1. The van der Waals surface area contributed by atoms with Crippen molar-refractivity contribution in [2.45, 2.75) is 39.7 Å². The largest absolute Gasteiger partial charge is 0.450 e. The first-order valence-corrected chi connectivity index (χ1v) is 10.6. The topological polar surface area (TPSA) is 99.3 Å². The number of nitrogens with zero attached hydrogens (tertiary/aromatic N) is 3. The first-order valence-electron chi connectivity index (χ1n) is 9.23. The number of rotatable bonds is 5. The van der Waals surface area contributed by atoms with Gasteiger partial charge in [-0.1, -0.05) is 0 Å². The summed E-state index contributed by atoms with van der Waals surface area (Å²) >= 11 is 0. The third-order valence-corrected chi connectivity index (χ3v) is 6.61. The van der Waals surface area contributed by atoms with Crippen LogP contribution in [0, 0.1) is 5.92 Å². The van der Waals surface area contributed by atoms with Crippen molar-refractivity contribution in [1.82, 2.24) is 18.8 Å². The van der Waals surface area contributed by atoms with Crippen LogP contribution in [-0.4, -0.2) is 85.8 Å². The molecule has 0 aromatic rings. The second kappa shape index (κ2) is 9.01. The van der Waals surface area contributed by atoms with Gasteiger partial charge < -0.3 is 15.0 Å². The van der Waals surface area contributed by atoms with Crippen LogP contribution >= 0.6 is 0 Å². The molecule has 2 aliphatic heterocycles. The molecule has 26 heavy (non-hydrogen) atoms. The molecule has 0 aromatic heterocycles. The van der Waals surface area contributed by atoms with Gasteiger partial charge in [-0.25, -0.2) is 4.79 Å². The number of amides is 2. The molecule has 1 atom stereocenters. The van der Waals surface area contributed by atoms with Crippen LogP contribution < -0.4 is 5.32 Å². The molecule has 2 heterocycles. The summed E-state index contributed by atoms with van der Waals surface area (Å²) in [5.41, 5.74) is 0. The van der Waals surface area contributed by atoms with Crippen molar-refractivity contribution >= 4 is 22.2 Å². The lowest BCUT2D eigenvalue weighted by Crippen LogP contribution is -2.56. The lowest BCUT2D eigenvalue weighted by Gasteiger charge is -2.38. The van der Waals surface area contributed by atoms with Gasteiger partial charge >= 0.3 is 6.09 Å². The molecule has 10 heteroatoms. The fourth-order valence-electron chi connectivity index (χ4n) is 3.25. The lowest BCUT2D eigenvalue weighted by molar-refractivity contribution is -0.126. The molecule has 0 saturated carbocycles. The Labute approximate surface area is 155 Å². The first kappa shape index (κ1) is 20.9. The Morgan fingerprint density at radius 1 is 1.12 bits per heavy atom. The van der Waals surface area contributed by atoms with Gasteiger partial charge in [-0.15, -0.1) is 0 Å². The second-order valence-corrected chi connectivity index (χ2v) is 8.88. The molecule has 2 amide bonds. The molecule has 0 aromatic carbocycles. The number of piperidine rings is 1. The summed E-state index contributed by atoms with van der Waals surface area (Å²) in [5.74, 6) is -0.409. The Bertz CT molecular complexity index is 602. The van der Waals surface area contributed by atoms with E-state index in [-0.39, 0.29) is 37.5 Å². The Morgan fingerprint density at radius 2 is 1.77 bits per heavy atom. The molecule has 2 saturated heterocycles. The van der Waals surface area contributed by atoms with E-state index < -0.39 is 16.3 Å². The fourth-order valence-corrected chi connectivity index (χ4v) is 4.93. The quantitative estimate of drug-likeness (QED) is 0.725. The summed E-state index contributed by atoms with van der Waals surface area (Å²) in [5, 5.41) is 2.86. The highest BCUT2D eigenvalue weighted by Gasteiger charge is 2.37. The predicted molar refractivity (Wildman–Crippen MR) is 96.7 cm³/mol. The third kappa shape index (κ3) is 5.08. The van der Waals surface area contributed by atoms with Gasteiger partial charge in [0.2, 0.25) is 5.91 Å². The van der Waals surface area contributed by atoms with Crippen molar-refractivity contribution in [3.05, 3.63) is 0 Å². The summed E-state index contributed by atoms with van der Waals surface area (Å²) in [6.07, 6.45) is 0.951. The highest BCUT2D eigenvalue weighted by atomic mass is 32.2. The minimum atomic E-state index is -3.63. The van der Waals surface area contributed by atoms with Crippen molar-refractivity contribution in [2.75, 3.05) is 45.9 Å². The number of piperazine rings is 1. The molecule has 2 rings (SSSR count). The van der Waals surface area contributed by atoms with Crippen LogP contribution in [0.4, 0.5) is 4.79 Å². The average Bonchev–Trinajstić information content (AvgIpc) is 2.61. The van der Waals surface area contributed by atoms with Crippen LogP contribution in [0.5, 0.6) is 0 Å². The normalized spacial score (nSPS) is 23.1. The number of hydrogen-bond donors (Lipinski definition) is 1. The Morgan fingerprint density at radius 3 is 2.35 bits per heavy atom. The molecular weight excluding hydrogens is 360 g/mol. The summed E-state index contributed by atoms with van der Waals surface area (Å²) in [6.45, 7) is 7.53. The summed E-state index contributed by atoms with van der Waals surface area (Å²) < 4.78 is 33.6. The highest BCUT2D eigenvalue weighted by molar-refractivity contribution is 7.86. The number of carbonyl (C=O) groups is 2. The molecule has 0 bridgehead atoms. The molecule has 2 aliphatic rings. The van der Waals surface area contributed by atoms with Crippen LogP contribution in [0.3, 0.4) is 0 Å². The van der Waals surface area contributed by atoms with Crippen LogP contribution in [0.15, 0.2) is 0 Å². The number of carbonyl (C=O) groups excluding carboxylic acids is 2. The van der Waals surface area contributed by atoms with Gasteiger partial charge in [0.1, 0.15) is 0 Å². The van der Waals surface area contributed by atoms with E-state index in [1.165, 1.54) is 13.5 Å². The summed E-state index contributed by atoms with van der Waals surface area (Å²) in [4.78, 5) is 25.5. The molecule has 1 N–H and O–H groups in total. The van der Waals surface area contributed by atoms with E-state index in [0.29, 0.717) is 39.1 Å². The molecule has 0 spiro atoms. The smallest absolute Gasteiger partial charge is 0.409 e. The lowest BCUT2D eigenvalue weighted by atomic mass is 9.98. The van der Waals surface area contributed by atoms with Crippen LogP contribution in [0.1, 0.15) is 33.6 Å². The zero-order valence-corrected chi connectivity index (χ0v) is 16.6. The van der Waals surface area contributed by atoms with E-state index in [2.05, 4.69) is 5.32 Å². The molecule has 2 fully saturated rings. The van der Waals surface area contributed by atoms with Gasteiger partial charge in [0, 0.05) is 45.3 Å². The highest BCUT2D eigenvalue weighted by Crippen LogP contribution is 2.22. The van der Waals surface area contributed by atoms with Crippen LogP contribution in [0.2, 0.25) is 0 Å². The summed E-state index contributed by atoms with van der Waals surface area (Å²) in [7, 11) is -3.63. The monoisotopic (exact) mass is 390 g/mol. The standard InChI is InChI=1S/C16H30N4O5S/c1-4-25-16(22)18-8-10-19(11-9-18)26(23,24)20-7-5-6-14(12-20)15(21)17-13(2)3/h13-14H,4-12H2,1-3H3,(H,17,21). The van der Waals surface area contributed by atoms with E-state index >= 15 is 0 Å². The second-order valence-electron chi connectivity index (χ2n) is 6.95. The van der Waals surface area contributed by atoms with E-state index in [0.717, 1.165) is 0 Å². The third-order valence-electron chi connectivity index (χ3n) is 4.60. The molecule has 0 aliphatic carbocycles.